The highest BCUT2D eigenvalue weighted by molar-refractivity contribution is 5.45. The average molecular weight is 162 g/mol. The van der Waals surface area contributed by atoms with Crippen LogP contribution in [0, 0.1) is 46.8 Å². The molecule has 0 aromatic heterocycles. The van der Waals surface area contributed by atoms with Crippen LogP contribution in [0.3, 0.4) is 0 Å². The van der Waals surface area contributed by atoms with Crippen molar-refractivity contribution in [3.8, 4) is 0 Å². The van der Waals surface area contributed by atoms with Crippen molar-refractivity contribution in [1.29, 1.82) is 0 Å². The fourth-order valence-electron chi connectivity index (χ4n) is 6.55. The molecule has 0 aliphatic heterocycles. The Kier molecular flexibility index (Phi) is 0.533. The maximum Gasteiger partial charge on any atom is 0.0608 e. The maximum atomic E-state index is 9.95. The van der Waals surface area contributed by atoms with Crippen molar-refractivity contribution >= 4 is 0 Å². The highest BCUT2D eigenvalue weighted by Gasteiger charge is 2.99. The number of hydrogen-bond donors (Lipinski definition) is 1. The maximum absolute atomic E-state index is 9.95. The Labute approximate surface area is 72.2 Å². The van der Waals surface area contributed by atoms with E-state index in [-0.39, 0.29) is 6.10 Å². The number of aliphatic hydroxyl groups excluding tert-OH is 1. The fourth-order valence-corrected chi connectivity index (χ4v) is 6.55. The molecule has 0 aromatic carbocycles. The molecule has 0 amide bonds. The lowest BCUT2D eigenvalue weighted by atomic mass is 9.94. The number of hydrogen-bond acceptors (Lipinski definition) is 1. The van der Waals surface area contributed by atoms with Gasteiger partial charge in [0.1, 0.15) is 0 Å². The Morgan fingerprint density at radius 1 is 1.00 bits per heavy atom. The van der Waals surface area contributed by atoms with Crippen LogP contribution in [0.4, 0.5) is 0 Å². The summed E-state index contributed by atoms with van der Waals surface area (Å²) in [4.78, 5) is 0. The van der Waals surface area contributed by atoms with Gasteiger partial charge in [0.05, 0.1) is 6.10 Å². The van der Waals surface area contributed by atoms with E-state index in [9.17, 15) is 5.11 Å². The van der Waals surface area contributed by atoms with Gasteiger partial charge in [0.15, 0.2) is 0 Å². The minimum atomic E-state index is 0.147. The Balaban J connectivity index is 1.80. The molecule has 1 N–H and O–H groups in total. The topological polar surface area (TPSA) is 20.2 Å². The SMILES string of the molecule is CCC12C3C4C3C3C(O)C4C1C32. The molecule has 2 bridgehead atoms. The van der Waals surface area contributed by atoms with E-state index in [1.807, 2.05) is 0 Å². The molecule has 1 nitrogen and oxygen atoms in total. The lowest BCUT2D eigenvalue weighted by molar-refractivity contribution is 0.0967. The van der Waals surface area contributed by atoms with Crippen molar-refractivity contribution in [3.05, 3.63) is 0 Å². The van der Waals surface area contributed by atoms with Gasteiger partial charge in [0.2, 0.25) is 0 Å². The molecule has 0 spiro atoms. The lowest BCUT2D eigenvalue weighted by Gasteiger charge is -2.14. The molecule has 1 heteroatoms. The second-order valence-corrected chi connectivity index (χ2v) is 5.84. The first kappa shape index (κ1) is 5.64. The third-order valence-corrected chi connectivity index (χ3v) is 6.39. The normalized spacial score (nSPS) is 89.5. The molecule has 12 heavy (non-hydrogen) atoms. The molecular formula is C11H14O. The predicted octanol–water partition coefficient (Wildman–Crippen LogP) is 1.13. The Morgan fingerprint density at radius 2 is 1.58 bits per heavy atom. The number of rotatable bonds is 1. The molecule has 6 saturated carbocycles. The van der Waals surface area contributed by atoms with Crippen molar-refractivity contribution < 1.29 is 5.11 Å². The minimum Gasteiger partial charge on any atom is -0.393 e. The van der Waals surface area contributed by atoms with E-state index in [0.29, 0.717) is 0 Å². The molecule has 6 aliphatic carbocycles. The minimum absolute atomic E-state index is 0.147. The summed E-state index contributed by atoms with van der Waals surface area (Å²) < 4.78 is 0. The molecule has 0 aromatic rings. The van der Waals surface area contributed by atoms with Gasteiger partial charge in [0, 0.05) is 0 Å². The first-order chi connectivity index (χ1) is 5.84. The van der Waals surface area contributed by atoms with E-state index in [2.05, 4.69) is 6.92 Å². The van der Waals surface area contributed by atoms with E-state index in [0.717, 1.165) is 46.8 Å². The van der Waals surface area contributed by atoms with Crippen LogP contribution >= 0.6 is 0 Å². The van der Waals surface area contributed by atoms with E-state index in [4.69, 9.17) is 0 Å². The Bertz CT molecular complexity index is 286. The molecule has 6 unspecified atom stereocenters. The molecule has 0 saturated heterocycles. The van der Waals surface area contributed by atoms with E-state index in [1.54, 1.807) is 0 Å². The van der Waals surface area contributed by atoms with Crippen LogP contribution in [-0.4, -0.2) is 11.2 Å². The van der Waals surface area contributed by atoms with Crippen LogP contribution in [0.15, 0.2) is 0 Å². The second kappa shape index (κ2) is 1.13. The molecule has 0 radical (unpaired) electrons. The van der Waals surface area contributed by atoms with Crippen LogP contribution in [0.5, 0.6) is 0 Å². The van der Waals surface area contributed by atoms with Crippen LogP contribution in [0.2, 0.25) is 0 Å². The van der Waals surface area contributed by atoms with Crippen LogP contribution in [0.25, 0.3) is 0 Å². The summed E-state index contributed by atoms with van der Waals surface area (Å²) in [6, 6.07) is 0. The van der Waals surface area contributed by atoms with E-state index in [1.165, 1.54) is 6.42 Å². The van der Waals surface area contributed by atoms with Crippen molar-refractivity contribution in [1.82, 2.24) is 0 Å². The summed E-state index contributed by atoms with van der Waals surface area (Å²) in [7, 11) is 0. The second-order valence-electron chi connectivity index (χ2n) is 5.84. The zero-order chi connectivity index (χ0) is 7.83. The van der Waals surface area contributed by atoms with Crippen LogP contribution < -0.4 is 0 Å². The predicted molar refractivity (Wildman–Crippen MR) is 43.2 cm³/mol. The van der Waals surface area contributed by atoms with Crippen molar-refractivity contribution in [2.45, 2.75) is 19.4 Å². The summed E-state index contributed by atoms with van der Waals surface area (Å²) >= 11 is 0. The van der Waals surface area contributed by atoms with Gasteiger partial charge in [-0.15, -0.1) is 0 Å². The zero-order valence-corrected chi connectivity index (χ0v) is 7.27. The van der Waals surface area contributed by atoms with Crippen molar-refractivity contribution in [2.24, 2.45) is 46.8 Å². The zero-order valence-electron chi connectivity index (χ0n) is 7.27. The van der Waals surface area contributed by atoms with Crippen molar-refractivity contribution in [3.63, 3.8) is 0 Å². The summed E-state index contributed by atoms with van der Waals surface area (Å²) in [6.45, 7) is 2.38. The molecule has 6 aliphatic rings. The van der Waals surface area contributed by atoms with Gasteiger partial charge in [-0.2, -0.15) is 0 Å². The monoisotopic (exact) mass is 162 g/mol. The van der Waals surface area contributed by atoms with Gasteiger partial charge in [-0.25, -0.2) is 0 Å². The molecule has 0 heterocycles. The lowest BCUT2D eigenvalue weighted by Crippen LogP contribution is -2.19. The number of aliphatic hydroxyl groups is 1. The largest absolute Gasteiger partial charge is 0.393 e. The third kappa shape index (κ3) is 0.246. The third-order valence-electron chi connectivity index (χ3n) is 6.39. The smallest absolute Gasteiger partial charge is 0.0608 e. The molecule has 6 rings (SSSR count). The molecule has 6 fully saturated rings. The van der Waals surface area contributed by atoms with Gasteiger partial charge >= 0.3 is 0 Å². The molecule has 6 atom stereocenters. The average Bonchev–Trinajstić information content (AvgIpc) is 2.86. The van der Waals surface area contributed by atoms with Gasteiger partial charge in [-0.05, 0) is 53.3 Å². The summed E-state index contributed by atoms with van der Waals surface area (Å²) in [5, 5.41) is 9.95. The molecular weight excluding hydrogens is 148 g/mol. The summed E-state index contributed by atoms with van der Waals surface area (Å²) in [5.41, 5.74) is 0.809. The van der Waals surface area contributed by atoms with Crippen LogP contribution in [-0.2, 0) is 0 Å². The van der Waals surface area contributed by atoms with Gasteiger partial charge in [0.25, 0.3) is 0 Å². The quantitative estimate of drug-likeness (QED) is 0.612. The summed E-state index contributed by atoms with van der Waals surface area (Å²) in [5.74, 6) is 6.71. The van der Waals surface area contributed by atoms with E-state index >= 15 is 0 Å². The van der Waals surface area contributed by atoms with Crippen LogP contribution in [0.1, 0.15) is 13.3 Å². The standard InChI is InChI=1S/C11H14O/c1-2-11-7-3-4(7)6-9(11)8(11)5(3)10(6)12/h3-10,12H,2H2,1H3. The Hall–Kier alpha value is -0.0400. The van der Waals surface area contributed by atoms with Gasteiger partial charge in [-0.3, -0.25) is 0 Å². The first-order valence-electron chi connectivity index (χ1n) is 5.52. The highest BCUT2D eigenvalue weighted by atomic mass is 16.3. The molecule has 64 valence electrons. The highest BCUT2D eigenvalue weighted by Crippen LogP contribution is 3.00. The fraction of sp³-hybridized carbons (Fsp3) is 1.00. The van der Waals surface area contributed by atoms with Gasteiger partial charge < -0.3 is 5.11 Å². The van der Waals surface area contributed by atoms with Gasteiger partial charge in [-0.1, -0.05) is 6.92 Å². The summed E-state index contributed by atoms with van der Waals surface area (Å²) in [6.07, 6.45) is 1.56. The Morgan fingerprint density at radius 3 is 1.92 bits per heavy atom. The van der Waals surface area contributed by atoms with E-state index < -0.39 is 0 Å². The van der Waals surface area contributed by atoms with Crippen molar-refractivity contribution in [2.75, 3.05) is 0 Å². The first-order valence-corrected chi connectivity index (χ1v) is 5.52.